The Hall–Kier alpha value is -1.97. The van der Waals surface area contributed by atoms with E-state index in [1.807, 2.05) is 37.3 Å². The standard InChI is InChI=1S/C11H11N3O/c1-8-11(13-15)9(2)14(12-8)10-6-4-3-5-7-10/h3-7H,1-2H3. The fraction of sp³-hybridized carbons (Fsp3) is 0.182. The summed E-state index contributed by atoms with van der Waals surface area (Å²) in [6.45, 7) is 3.62. The lowest BCUT2D eigenvalue weighted by molar-refractivity contribution is 0.833. The molecule has 15 heavy (non-hydrogen) atoms. The zero-order chi connectivity index (χ0) is 10.8. The molecule has 0 aliphatic carbocycles. The number of para-hydroxylation sites is 1. The van der Waals surface area contributed by atoms with E-state index in [2.05, 4.69) is 10.3 Å². The van der Waals surface area contributed by atoms with Gasteiger partial charge in [-0.2, -0.15) is 5.10 Å². The molecule has 0 atom stereocenters. The SMILES string of the molecule is Cc1nn(-c2ccccc2)c(C)c1N=O. The van der Waals surface area contributed by atoms with E-state index in [-0.39, 0.29) is 0 Å². The summed E-state index contributed by atoms with van der Waals surface area (Å²) in [5.74, 6) is 0. The van der Waals surface area contributed by atoms with Crippen molar-refractivity contribution in [1.82, 2.24) is 9.78 Å². The molecule has 2 aromatic rings. The molecule has 0 amide bonds. The van der Waals surface area contributed by atoms with E-state index < -0.39 is 0 Å². The van der Waals surface area contributed by atoms with Crippen LogP contribution in [0.3, 0.4) is 0 Å². The van der Waals surface area contributed by atoms with Gasteiger partial charge in [0.15, 0.2) is 5.69 Å². The van der Waals surface area contributed by atoms with Crippen LogP contribution in [0, 0.1) is 18.8 Å². The number of rotatable bonds is 2. The molecule has 0 unspecified atom stereocenters. The van der Waals surface area contributed by atoms with Crippen LogP contribution in [0.15, 0.2) is 35.5 Å². The topological polar surface area (TPSA) is 47.2 Å². The molecule has 0 saturated heterocycles. The molecule has 76 valence electrons. The smallest absolute Gasteiger partial charge is 0.152 e. The Morgan fingerprint density at radius 3 is 2.40 bits per heavy atom. The summed E-state index contributed by atoms with van der Waals surface area (Å²) in [5, 5.41) is 7.26. The first-order valence-corrected chi connectivity index (χ1v) is 4.69. The normalized spacial score (nSPS) is 10.3. The van der Waals surface area contributed by atoms with Gasteiger partial charge >= 0.3 is 0 Å². The summed E-state index contributed by atoms with van der Waals surface area (Å²) in [6, 6.07) is 9.68. The van der Waals surface area contributed by atoms with Crippen LogP contribution in [0.2, 0.25) is 0 Å². The van der Waals surface area contributed by atoms with E-state index in [0.717, 1.165) is 11.4 Å². The maximum atomic E-state index is 10.6. The molecule has 0 N–H and O–H groups in total. The molecule has 0 bridgehead atoms. The summed E-state index contributed by atoms with van der Waals surface area (Å²) in [5.41, 5.74) is 2.80. The molecule has 0 aliphatic heterocycles. The Balaban J connectivity index is 2.60. The summed E-state index contributed by atoms with van der Waals surface area (Å²) >= 11 is 0. The molecular formula is C11H11N3O. The Labute approximate surface area is 87.5 Å². The average Bonchev–Trinajstić information content (AvgIpc) is 2.55. The van der Waals surface area contributed by atoms with Gasteiger partial charge in [-0.15, -0.1) is 4.91 Å². The van der Waals surface area contributed by atoms with Crippen molar-refractivity contribution < 1.29 is 0 Å². The highest BCUT2D eigenvalue weighted by Crippen LogP contribution is 2.24. The molecule has 0 saturated carbocycles. The molecule has 2 rings (SSSR count). The maximum Gasteiger partial charge on any atom is 0.152 e. The molecule has 0 fully saturated rings. The van der Waals surface area contributed by atoms with Gasteiger partial charge in [0.2, 0.25) is 0 Å². The fourth-order valence-corrected chi connectivity index (χ4v) is 1.59. The summed E-state index contributed by atoms with van der Waals surface area (Å²) in [6.07, 6.45) is 0. The lowest BCUT2D eigenvalue weighted by Crippen LogP contribution is -1.97. The Morgan fingerprint density at radius 1 is 1.20 bits per heavy atom. The second-order valence-electron chi connectivity index (χ2n) is 3.36. The second-order valence-corrected chi connectivity index (χ2v) is 3.36. The Morgan fingerprint density at radius 2 is 1.87 bits per heavy atom. The van der Waals surface area contributed by atoms with E-state index >= 15 is 0 Å². The van der Waals surface area contributed by atoms with Crippen molar-refractivity contribution in [2.24, 2.45) is 5.18 Å². The lowest BCUT2D eigenvalue weighted by Gasteiger charge is -2.02. The zero-order valence-corrected chi connectivity index (χ0v) is 8.64. The van der Waals surface area contributed by atoms with Crippen LogP contribution >= 0.6 is 0 Å². The molecule has 0 spiro atoms. The molecular weight excluding hydrogens is 190 g/mol. The molecule has 0 radical (unpaired) electrons. The molecule has 1 aromatic heterocycles. The van der Waals surface area contributed by atoms with Gasteiger partial charge < -0.3 is 0 Å². The quantitative estimate of drug-likeness (QED) is 0.701. The Bertz CT molecular complexity index is 488. The van der Waals surface area contributed by atoms with Crippen LogP contribution in [0.5, 0.6) is 0 Å². The van der Waals surface area contributed by atoms with Crippen molar-refractivity contribution in [2.75, 3.05) is 0 Å². The van der Waals surface area contributed by atoms with Crippen molar-refractivity contribution >= 4 is 5.69 Å². The van der Waals surface area contributed by atoms with Crippen molar-refractivity contribution in [3.05, 3.63) is 46.6 Å². The summed E-state index contributed by atoms with van der Waals surface area (Å²) in [7, 11) is 0. The van der Waals surface area contributed by atoms with Crippen LogP contribution in [0.1, 0.15) is 11.4 Å². The van der Waals surface area contributed by atoms with Crippen LogP contribution < -0.4 is 0 Å². The van der Waals surface area contributed by atoms with Crippen molar-refractivity contribution in [1.29, 1.82) is 0 Å². The van der Waals surface area contributed by atoms with Crippen molar-refractivity contribution in [3.63, 3.8) is 0 Å². The monoisotopic (exact) mass is 201 g/mol. The number of aromatic nitrogens is 2. The third kappa shape index (κ3) is 1.54. The predicted molar refractivity (Wildman–Crippen MR) is 58.5 cm³/mol. The number of hydrogen-bond donors (Lipinski definition) is 0. The number of aryl methyl sites for hydroxylation is 1. The predicted octanol–water partition coefficient (Wildman–Crippen LogP) is 2.89. The third-order valence-electron chi connectivity index (χ3n) is 2.35. The van der Waals surface area contributed by atoms with Gasteiger partial charge in [-0.1, -0.05) is 18.2 Å². The van der Waals surface area contributed by atoms with Gasteiger partial charge in [-0.3, -0.25) is 0 Å². The summed E-state index contributed by atoms with van der Waals surface area (Å²) < 4.78 is 1.73. The lowest BCUT2D eigenvalue weighted by atomic mass is 10.3. The highest BCUT2D eigenvalue weighted by molar-refractivity contribution is 5.49. The van der Waals surface area contributed by atoms with Gasteiger partial charge in [-0.05, 0) is 31.2 Å². The van der Waals surface area contributed by atoms with E-state index in [4.69, 9.17) is 0 Å². The number of nitrogens with zero attached hydrogens (tertiary/aromatic N) is 3. The largest absolute Gasteiger partial charge is 0.235 e. The molecule has 1 aromatic carbocycles. The van der Waals surface area contributed by atoms with Crippen molar-refractivity contribution in [2.45, 2.75) is 13.8 Å². The maximum absolute atomic E-state index is 10.6. The van der Waals surface area contributed by atoms with Crippen LogP contribution in [-0.4, -0.2) is 9.78 Å². The minimum Gasteiger partial charge on any atom is -0.235 e. The minimum atomic E-state index is 0.429. The minimum absolute atomic E-state index is 0.429. The first kappa shape index (κ1) is 9.58. The second kappa shape index (κ2) is 3.65. The highest BCUT2D eigenvalue weighted by atomic mass is 16.3. The van der Waals surface area contributed by atoms with Crippen molar-refractivity contribution in [3.8, 4) is 5.69 Å². The van der Waals surface area contributed by atoms with E-state index in [1.54, 1.807) is 11.6 Å². The molecule has 4 heteroatoms. The average molecular weight is 201 g/mol. The third-order valence-corrected chi connectivity index (χ3v) is 2.35. The fourth-order valence-electron chi connectivity index (χ4n) is 1.59. The first-order valence-electron chi connectivity index (χ1n) is 4.69. The number of nitroso groups, excluding NO2 is 1. The van der Waals surface area contributed by atoms with Gasteiger partial charge in [0.25, 0.3) is 0 Å². The molecule has 0 aliphatic rings. The van der Waals surface area contributed by atoms with E-state index in [1.165, 1.54) is 0 Å². The van der Waals surface area contributed by atoms with Crippen LogP contribution in [0.25, 0.3) is 5.69 Å². The summed E-state index contributed by atoms with van der Waals surface area (Å²) in [4.78, 5) is 10.6. The molecule has 4 nitrogen and oxygen atoms in total. The number of hydrogen-bond acceptors (Lipinski definition) is 3. The van der Waals surface area contributed by atoms with E-state index in [9.17, 15) is 4.91 Å². The zero-order valence-electron chi connectivity index (χ0n) is 8.64. The van der Waals surface area contributed by atoms with Gasteiger partial charge in [-0.25, -0.2) is 4.68 Å². The van der Waals surface area contributed by atoms with Gasteiger partial charge in [0, 0.05) is 0 Å². The van der Waals surface area contributed by atoms with E-state index in [0.29, 0.717) is 11.4 Å². The van der Waals surface area contributed by atoms with Crippen LogP contribution in [0.4, 0.5) is 5.69 Å². The first-order chi connectivity index (χ1) is 7.24. The molecule has 1 heterocycles. The number of benzene rings is 1. The highest BCUT2D eigenvalue weighted by Gasteiger charge is 2.12. The van der Waals surface area contributed by atoms with Crippen LogP contribution in [-0.2, 0) is 0 Å². The van der Waals surface area contributed by atoms with Gasteiger partial charge in [0.1, 0.15) is 0 Å². The van der Waals surface area contributed by atoms with Gasteiger partial charge in [0.05, 0.1) is 17.1 Å². The Kier molecular flexibility index (Phi) is 2.33.